The lowest BCUT2D eigenvalue weighted by Crippen LogP contribution is -2.55. The summed E-state index contributed by atoms with van der Waals surface area (Å²) >= 11 is 0. The first-order valence-electron chi connectivity index (χ1n) is 6.87. The number of esters is 1. The summed E-state index contributed by atoms with van der Waals surface area (Å²) < 4.78 is 5.73. The highest BCUT2D eigenvalue weighted by atomic mass is 16.5. The van der Waals surface area contributed by atoms with Crippen molar-refractivity contribution in [2.75, 3.05) is 0 Å². The van der Waals surface area contributed by atoms with Gasteiger partial charge in [-0.2, -0.15) is 0 Å². The van der Waals surface area contributed by atoms with E-state index in [0.717, 1.165) is 12.8 Å². The van der Waals surface area contributed by atoms with Crippen molar-refractivity contribution in [2.24, 2.45) is 5.92 Å². The highest BCUT2D eigenvalue weighted by Gasteiger charge is 2.46. The fourth-order valence-corrected chi connectivity index (χ4v) is 3.29. The first-order valence-corrected chi connectivity index (χ1v) is 6.87. The molecule has 3 heteroatoms. The van der Waals surface area contributed by atoms with Crippen LogP contribution in [0.3, 0.4) is 0 Å². The predicted molar refractivity (Wildman–Crippen MR) is 67.0 cm³/mol. The zero-order valence-corrected chi connectivity index (χ0v) is 10.3. The molecule has 1 heterocycles. The van der Waals surface area contributed by atoms with Gasteiger partial charge in [-0.25, -0.2) is 0 Å². The Balaban J connectivity index is 1.65. The first-order chi connectivity index (χ1) is 8.83. The molecule has 3 atom stereocenters. The SMILES string of the molecule is O=C1OC2c3ccccc3CCC2NC1C1CC1. The van der Waals surface area contributed by atoms with Crippen molar-refractivity contribution < 1.29 is 9.53 Å². The minimum atomic E-state index is -0.0718. The van der Waals surface area contributed by atoms with Gasteiger partial charge >= 0.3 is 5.97 Å². The zero-order valence-electron chi connectivity index (χ0n) is 10.3. The van der Waals surface area contributed by atoms with E-state index in [9.17, 15) is 4.79 Å². The van der Waals surface area contributed by atoms with Crippen LogP contribution < -0.4 is 5.32 Å². The third kappa shape index (κ3) is 1.57. The number of carbonyl (C=O) groups is 1. The van der Waals surface area contributed by atoms with E-state index in [4.69, 9.17) is 4.74 Å². The number of hydrogen-bond donors (Lipinski definition) is 1. The molecular formula is C15H17NO2. The highest BCUT2D eigenvalue weighted by molar-refractivity contribution is 5.78. The van der Waals surface area contributed by atoms with E-state index < -0.39 is 0 Å². The van der Waals surface area contributed by atoms with Gasteiger partial charge in [0.15, 0.2) is 0 Å². The minimum Gasteiger partial charge on any atom is -0.455 e. The molecule has 18 heavy (non-hydrogen) atoms. The van der Waals surface area contributed by atoms with Gasteiger partial charge < -0.3 is 4.74 Å². The lowest BCUT2D eigenvalue weighted by molar-refractivity contribution is -0.162. The monoisotopic (exact) mass is 243 g/mol. The van der Waals surface area contributed by atoms with Crippen molar-refractivity contribution in [1.29, 1.82) is 0 Å². The largest absolute Gasteiger partial charge is 0.455 e. The number of rotatable bonds is 1. The Kier molecular flexibility index (Phi) is 2.24. The fourth-order valence-electron chi connectivity index (χ4n) is 3.29. The number of carbonyl (C=O) groups excluding carboxylic acids is 1. The van der Waals surface area contributed by atoms with E-state index in [2.05, 4.69) is 23.5 Å². The van der Waals surface area contributed by atoms with Crippen molar-refractivity contribution in [3.05, 3.63) is 35.4 Å². The molecule has 1 aromatic rings. The molecule has 1 aliphatic heterocycles. The van der Waals surface area contributed by atoms with E-state index in [1.807, 2.05) is 6.07 Å². The maximum Gasteiger partial charge on any atom is 0.324 e. The maximum atomic E-state index is 12.1. The number of morpholine rings is 1. The van der Waals surface area contributed by atoms with Crippen LogP contribution in [0.15, 0.2) is 24.3 Å². The normalized spacial score (nSPS) is 34.4. The molecular weight excluding hydrogens is 226 g/mol. The van der Waals surface area contributed by atoms with Gasteiger partial charge in [-0.3, -0.25) is 10.1 Å². The van der Waals surface area contributed by atoms with Crippen molar-refractivity contribution in [3.8, 4) is 0 Å². The molecule has 1 N–H and O–H groups in total. The second-order valence-corrected chi connectivity index (χ2v) is 5.68. The van der Waals surface area contributed by atoms with E-state index in [1.54, 1.807) is 0 Å². The molecule has 0 spiro atoms. The summed E-state index contributed by atoms with van der Waals surface area (Å²) in [6.07, 6.45) is 4.41. The molecule has 0 bridgehead atoms. The summed E-state index contributed by atoms with van der Waals surface area (Å²) in [6, 6.07) is 8.59. The number of fused-ring (bicyclic) bond motifs is 3. The van der Waals surface area contributed by atoms with Gasteiger partial charge in [0.25, 0.3) is 0 Å². The quantitative estimate of drug-likeness (QED) is 0.766. The van der Waals surface area contributed by atoms with Crippen molar-refractivity contribution in [3.63, 3.8) is 0 Å². The molecule has 1 saturated carbocycles. The van der Waals surface area contributed by atoms with E-state index >= 15 is 0 Å². The Morgan fingerprint density at radius 1 is 1.17 bits per heavy atom. The van der Waals surface area contributed by atoms with E-state index in [1.165, 1.54) is 24.0 Å². The summed E-state index contributed by atoms with van der Waals surface area (Å²) in [5.74, 6) is 0.478. The Hall–Kier alpha value is -1.35. The Labute approximate surface area is 107 Å². The fraction of sp³-hybridized carbons (Fsp3) is 0.533. The molecule has 4 rings (SSSR count). The van der Waals surface area contributed by atoms with Gasteiger partial charge in [-0.05, 0) is 42.7 Å². The van der Waals surface area contributed by atoms with Crippen molar-refractivity contribution >= 4 is 5.97 Å². The zero-order chi connectivity index (χ0) is 12.1. The number of benzene rings is 1. The summed E-state index contributed by atoms with van der Waals surface area (Å²) in [5, 5.41) is 3.53. The van der Waals surface area contributed by atoms with Crippen LogP contribution in [0.4, 0.5) is 0 Å². The average Bonchev–Trinajstić information content (AvgIpc) is 3.22. The minimum absolute atomic E-state index is 0.0449. The molecule has 3 unspecified atom stereocenters. The van der Waals surface area contributed by atoms with Crippen LogP contribution >= 0.6 is 0 Å². The average molecular weight is 243 g/mol. The summed E-state index contributed by atoms with van der Waals surface area (Å²) in [6.45, 7) is 0. The van der Waals surface area contributed by atoms with Crippen LogP contribution in [0.25, 0.3) is 0 Å². The predicted octanol–water partition coefficient (Wildman–Crippen LogP) is 1.97. The van der Waals surface area contributed by atoms with Gasteiger partial charge in [0, 0.05) is 6.04 Å². The van der Waals surface area contributed by atoms with Crippen molar-refractivity contribution in [2.45, 2.75) is 43.9 Å². The van der Waals surface area contributed by atoms with Crippen molar-refractivity contribution in [1.82, 2.24) is 5.32 Å². The molecule has 2 aliphatic carbocycles. The molecule has 1 saturated heterocycles. The van der Waals surface area contributed by atoms with Gasteiger partial charge in [0.1, 0.15) is 12.1 Å². The lowest BCUT2D eigenvalue weighted by atomic mass is 9.84. The molecule has 2 fully saturated rings. The van der Waals surface area contributed by atoms with Crippen LogP contribution in [0.5, 0.6) is 0 Å². The second kappa shape index (κ2) is 3.82. The van der Waals surface area contributed by atoms with Crippen LogP contribution in [-0.4, -0.2) is 18.1 Å². The maximum absolute atomic E-state index is 12.1. The highest BCUT2D eigenvalue weighted by Crippen LogP contribution is 2.40. The van der Waals surface area contributed by atoms with Crippen LogP contribution in [-0.2, 0) is 16.0 Å². The van der Waals surface area contributed by atoms with Gasteiger partial charge in [-0.1, -0.05) is 24.3 Å². The molecule has 94 valence electrons. The summed E-state index contributed by atoms with van der Waals surface area (Å²) in [4.78, 5) is 12.1. The number of nitrogens with one attached hydrogen (secondary N) is 1. The Morgan fingerprint density at radius 3 is 2.83 bits per heavy atom. The van der Waals surface area contributed by atoms with Gasteiger partial charge in [-0.15, -0.1) is 0 Å². The molecule has 0 aromatic heterocycles. The van der Waals surface area contributed by atoms with Crippen LogP contribution in [0, 0.1) is 5.92 Å². The topological polar surface area (TPSA) is 38.3 Å². The Morgan fingerprint density at radius 2 is 2.00 bits per heavy atom. The van der Waals surface area contributed by atoms with Crippen LogP contribution in [0.1, 0.15) is 36.5 Å². The molecule has 3 aliphatic rings. The number of hydrogen-bond acceptors (Lipinski definition) is 3. The Bertz CT molecular complexity index is 495. The van der Waals surface area contributed by atoms with Gasteiger partial charge in [0.05, 0.1) is 0 Å². The molecule has 1 aromatic carbocycles. The molecule has 3 nitrogen and oxygen atoms in total. The lowest BCUT2D eigenvalue weighted by Gasteiger charge is -2.40. The van der Waals surface area contributed by atoms with E-state index in [0.29, 0.717) is 12.0 Å². The number of aryl methyl sites for hydroxylation is 1. The van der Waals surface area contributed by atoms with Gasteiger partial charge in [0.2, 0.25) is 0 Å². The molecule has 0 radical (unpaired) electrons. The third-order valence-corrected chi connectivity index (χ3v) is 4.44. The standard InChI is InChI=1S/C15H17NO2/c17-15-13(10-5-6-10)16-12-8-7-9-3-1-2-4-11(9)14(12)18-15/h1-4,10,12-14,16H,5-8H2. The summed E-state index contributed by atoms with van der Waals surface area (Å²) in [7, 11) is 0. The summed E-state index contributed by atoms with van der Waals surface area (Å²) in [5.41, 5.74) is 2.53. The number of ether oxygens (including phenoxy) is 1. The first kappa shape index (κ1) is 10.6. The second-order valence-electron chi connectivity index (χ2n) is 5.68. The molecule has 0 amide bonds. The van der Waals surface area contributed by atoms with E-state index in [-0.39, 0.29) is 18.1 Å². The third-order valence-electron chi connectivity index (χ3n) is 4.44. The smallest absolute Gasteiger partial charge is 0.324 e. The van der Waals surface area contributed by atoms with Crippen LogP contribution in [0.2, 0.25) is 0 Å².